The van der Waals surface area contributed by atoms with Crippen molar-refractivity contribution in [2.75, 3.05) is 18.1 Å². The van der Waals surface area contributed by atoms with Crippen LogP contribution in [0.25, 0.3) is 0 Å². The second-order valence-electron chi connectivity index (χ2n) is 4.71. The van der Waals surface area contributed by atoms with E-state index in [1.54, 1.807) is 0 Å². The molecule has 1 aliphatic heterocycles. The van der Waals surface area contributed by atoms with Crippen LogP contribution in [0, 0.1) is 0 Å². The largest absolute Gasteiger partial charge is 0.394 e. The SMILES string of the molecule is NCc1ccccc1N1CCCCCC1CO. The summed E-state index contributed by atoms with van der Waals surface area (Å²) in [5.74, 6) is 0. The average molecular weight is 234 g/mol. The van der Waals surface area contributed by atoms with Crippen LogP contribution in [0.5, 0.6) is 0 Å². The molecule has 3 heteroatoms. The zero-order valence-corrected chi connectivity index (χ0v) is 10.3. The van der Waals surface area contributed by atoms with Gasteiger partial charge in [-0.1, -0.05) is 31.0 Å². The fraction of sp³-hybridized carbons (Fsp3) is 0.571. The third kappa shape index (κ3) is 2.79. The van der Waals surface area contributed by atoms with Gasteiger partial charge in [-0.25, -0.2) is 0 Å². The first-order valence-electron chi connectivity index (χ1n) is 6.52. The van der Waals surface area contributed by atoms with Crippen molar-refractivity contribution in [2.45, 2.75) is 38.3 Å². The molecule has 0 saturated carbocycles. The molecule has 0 bridgehead atoms. The summed E-state index contributed by atoms with van der Waals surface area (Å²) in [6.07, 6.45) is 4.76. The van der Waals surface area contributed by atoms with Crippen molar-refractivity contribution in [3.05, 3.63) is 29.8 Å². The van der Waals surface area contributed by atoms with Crippen molar-refractivity contribution in [2.24, 2.45) is 5.73 Å². The number of aliphatic hydroxyl groups is 1. The van der Waals surface area contributed by atoms with Gasteiger partial charge < -0.3 is 15.7 Å². The second-order valence-corrected chi connectivity index (χ2v) is 4.71. The highest BCUT2D eigenvalue weighted by Gasteiger charge is 2.21. The molecular weight excluding hydrogens is 212 g/mol. The lowest BCUT2D eigenvalue weighted by Crippen LogP contribution is -2.38. The van der Waals surface area contributed by atoms with Crippen molar-refractivity contribution in [3.8, 4) is 0 Å². The fourth-order valence-corrected chi connectivity index (χ4v) is 2.65. The van der Waals surface area contributed by atoms with E-state index in [1.807, 2.05) is 12.1 Å². The van der Waals surface area contributed by atoms with Gasteiger partial charge in [0.2, 0.25) is 0 Å². The first-order chi connectivity index (χ1) is 8.36. The Bertz CT molecular complexity index is 354. The van der Waals surface area contributed by atoms with Crippen LogP contribution in [-0.2, 0) is 6.54 Å². The van der Waals surface area contributed by atoms with Crippen molar-refractivity contribution in [1.29, 1.82) is 0 Å². The van der Waals surface area contributed by atoms with E-state index < -0.39 is 0 Å². The highest BCUT2D eigenvalue weighted by atomic mass is 16.3. The molecule has 1 fully saturated rings. The minimum atomic E-state index is 0.235. The molecule has 1 unspecified atom stereocenters. The van der Waals surface area contributed by atoms with E-state index in [0.717, 1.165) is 13.0 Å². The molecule has 3 N–H and O–H groups in total. The Hall–Kier alpha value is -1.06. The van der Waals surface area contributed by atoms with Crippen molar-refractivity contribution in [3.63, 3.8) is 0 Å². The molecule has 0 amide bonds. The van der Waals surface area contributed by atoms with Gasteiger partial charge in [0.15, 0.2) is 0 Å². The smallest absolute Gasteiger partial charge is 0.0635 e. The standard InChI is InChI=1S/C14H22N2O/c15-10-12-6-3-4-8-14(12)16-9-5-1-2-7-13(16)11-17/h3-4,6,8,13,17H,1-2,5,7,9-11,15H2. The van der Waals surface area contributed by atoms with Gasteiger partial charge in [0.05, 0.1) is 12.6 Å². The molecule has 2 rings (SSSR count). The van der Waals surface area contributed by atoms with Crippen LogP contribution < -0.4 is 10.6 Å². The number of nitrogens with two attached hydrogens (primary N) is 1. The molecule has 0 radical (unpaired) electrons. The molecule has 94 valence electrons. The Labute approximate surface area is 103 Å². The number of hydrogen-bond acceptors (Lipinski definition) is 3. The number of anilines is 1. The molecule has 1 aliphatic rings. The summed E-state index contributed by atoms with van der Waals surface area (Å²) in [5, 5.41) is 9.54. The predicted molar refractivity (Wildman–Crippen MR) is 71.0 cm³/mol. The maximum absolute atomic E-state index is 9.54. The van der Waals surface area contributed by atoms with E-state index in [0.29, 0.717) is 6.54 Å². The van der Waals surface area contributed by atoms with Crippen molar-refractivity contribution >= 4 is 5.69 Å². The summed E-state index contributed by atoms with van der Waals surface area (Å²) >= 11 is 0. The lowest BCUT2D eigenvalue weighted by atomic mass is 10.1. The van der Waals surface area contributed by atoms with E-state index in [-0.39, 0.29) is 12.6 Å². The second kappa shape index (κ2) is 6.03. The van der Waals surface area contributed by atoms with Gasteiger partial charge in [-0.15, -0.1) is 0 Å². The van der Waals surface area contributed by atoms with E-state index in [1.165, 1.54) is 30.5 Å². The number of para-hydroxylation sites is 1. The van der Waals surface area contributed by atoms with E-state index >= 15 is 0 Å². The minimum Gasteiger partial charge on any atom is -0.394 e. The van der Waals surface area contributed by atoms with Crippen LogP contribution in [0.1, 0.15) is 31.2 Å². The van der Waals surface area contributed by atoms with Crippen LogP contribution in [0.3, 0.4) is 0 Å². The monoisotopic (exact) mass is 234 g/mol. The molecule has 1 heterocycles. The van der Waals surface area contributed by atoms with E-state index in [4.69, 9.17) is 5.73 Å². The zero-order chi connectivity index (χ0) is 12.1. The van der Waals surface area contributed by atoms with Crippen LogP contribution in [-0.4, -0.2) is 24.3 Å². The summed E-state index contributed by atoms with van der Waals surface area (Å²) in [6, 6.07) is 8.53. The van der Waals surface area contributed by atoms with Crippen molar-refractivity contribution in [1.82, 2.24) is 0 Å². The molecule has 1 atom stereocenters. The maximum atomic E-state index is 9.54. The molecule has 1 saturated heterocycles. The number of nitrogens with zero attached hydrogens (tertiary/aromatic N) is 1. The zero-order valence-electron chi connectivity index (χ0n) is 10.3. The fourth-order valence-electron chi connectivity index (χ4n) is 2.65. The molecule has 3 nitrogen and oxygen atoms in total. The third-order valence-corrected chi connectivity index (χ3v) is 3.61. The number of hydrogen-bond donors (Lipinski definition) is 2. The van der Waals surface area contributed by atoms with Crippen LogP contribution in [0.2, 0.25) is 0 Å². The lowest BCUT2D eigenvalue weighted by molar-refractivity contribution is 0.255. The minimum absolute atomic E-state index is 0.235. The summed E-state index contributed by atoms with van der Waals surface area (Å²) in [4.78, 5) is 2.34. The Kier molecular flexibility index (Phi) is 4.40. The Morgan fingerprint density at radius 1 is 1.24 bits per heavy atom. The first kappa shape index (κ1) is 12.4. The highest BCUT2D eigenvalue weighted by molar-refractivity contribution is 5.54. The van der Waals surface area contributed by atoms with Gasteiger partial charge >= 0.3 is 0 Å². The van der Waals surface area contributed by atoms with Gasteiger partial charge in [0.1, 0.15) is 0 Å². The van der Waals surface area contributed by atoms with Gasteiger partial charge in [-0.05, 0) is 24.5 Å². The summed E-state index contributed by atoms with van der Waals surface area (Å²) in [6.45, 7) is 1.83. The molecule has 0 aromatic heterocycles. The molecule has 0 spiro atoms. The van der Waals surface area contributed by atoms with Crippen LogP contribution >= 0.6 is 0 Å². The topological polar surface area (TPSA) is 49.5 Å². The average Bonchev–Trinajstić information content (AvgIpc) is 2.63. The summed E-state index contributed by atoms with van der Waals surface area (Å²) < 4.78 is 0. The molecule has 17 heavy (non-hydrogen) atoms. The van der Waals surface area contributed by atoms with E-state index in [2.05, 4.69) is 17.0 Å². The number of aliphatic hydroxyl groups excluding tert-OH is 1. The Morgan fingerprint density at radius 2 is 2.06 bits per heavy atom. The Morgan fingerprint density at radius 3 is 2.82 bits per heavy atom. The van der Waals surface area contributed by atoms with Crippen LogP contribution in [0.15, 0.2) is 24.3 Å². The van der Waals surface area contributed by atoms with E-state index in [9.17, 15) is 5.11 Å². The normalized spacial score (nSPS) is 21.3. The van der Waals surface area contributed by atoms with Gasteiger partial charge in [-0.2, -0.15) is 0 Å². The molecule has 1 aromatic carbocycles. The molecular formula is C14H22N2O. The summed E-state index contributed by atoms with van der Waals surface area (Å²) in [7, 11) is 0. The Balaban J connectivity index is 2.28. The third-order valence-electron chi connectivity index (χ3n) is 3.61. The highest BCUT2D eigenvalue weighted by Crippen LogP contribution is 2.27. The quantitative estimate of drug-likeness (QED) is 0.839. The van der Waals surface area contributed by atoms with Crippen LogP contribution in [0.4, 0.5) is 5.69 Å². The molecule has 0 aliphatic carbocycles. The number of benzene rings is 1. The van der Waals surface area contributed by atoms with Gasteiger partial charge in [-0.3, -0.25) is 0 Å². The maximum Gasteiger partial charge on any atom is 0.0635 e. The number of rotatable bonds is 3. The lowest BCUT2D eigenvalue weighted by Gasteiger charge is -2.32. The van der Waals surface area contributed by atoms with Gasteiger partial charge in [0, 0.05) is 18.8 Å². The summed E-state index contributed by atoms with van der Waals surface area (Å²) in [5.41, 5.74) is 8.17. The molecule has 1 aromatic rings. The van der Waals surface area contributed by atoms with Crippen molar-refractivity contribution < 1.29 is 5.11 Å². The van der Waals surface area contributed by atoms with Gasteiger partial charge in [0.25, 0.3) is 0 Å². The predicted octanol–water partition coefficient (Wildman–Crippen LogP) is 1.89. The first-order valence-corrected chi connectivity index (χ1v) is 6.52.